The first kappa shape index (κ1) is 20.1. The molecule has 0 aliphatic rings. The zero-order valence-electron chi connectivity index (χ0n) is 16.9. The molecule has 2 aromatic carbocycles. The molecule has 1 heterocycles. The van der Waals surface area contributed by atoms with Gasteiger partial charge in [0.05, 0.1) is 14.2 Å². The number of aryl methyl sites for hydroxylation is 2. The van der Waals surface area contributed by atoms with Gasteiger partial charge in [-0.1, -0.05) is 29.8 Å². The number of ether oxygens (including phenoxy) is 2. The molecule has 0 bridgehead atoms. The van der Waals surface area contributed by atoms with Crippen molar-refractivity contribution in [3.63, 3.8) is 0 Å². The molecule has 2 N–H and O–H groups in total. The molecule has 1 aromatic heterocycles. The predicted octanol–water partition coefficient (Wildman–Crippen LogP) is 3.98. The summed E-state index contributed by atoms with van der Waals surface area (Å²) < 4.78 is 10.5. The molecular weight excluding hydrogens is 368 g/mol. The maximum absolute atomic E-state index is 12.7. The van der Waals surface area contributed by atoms with E-state index in [1.807, 2.05) is 12.1 Å². The highest BCUT2D eigenvalue weighted by atomic mass is 16.5. The van der Waals surface area contributed by atoms with E-state index in [4.69, 9.17) is 9.47 Å². The Labute approximate surface area is 170 Å². The first-order chi connectivity index (χ1) is 14.0. The van der Waals surface area contributed by atoms with Crippen LogP contribution < -0.4 is 20.1 Å². The summed E-state index contributed by atoms with van der Waals surface area (Å²) in [5.41, 5.74) is 3.19. The minimum Gasteiger partial charge on any atom is -0.493 e. The van der Waals surface area contributed by atoms with Crippen molar-refractivity contribution < 1.29 is 14.3 Å². The minimum atomic E-state index is -0.332. The number of rotatable bonds is 7. The zero-order valence-corrected chi connectivity index (χ0v) is 16.9. The number of hydrogen-bond donors (Lipinski definition) is 2. The summed E-state index contributed by atoms with van der Waals surface area (Å²) in [7, 11) is 3.11. The molecule has 29 heavy (non-hydrogen) atoms. The van der Waals surface area contributed by atoms with Gasteiger partial charge in [0.1, 0.15) is 17.3 Å². The number of carbonyl (C=O) groups is 1. The van der Waals surface area contributed by atoms with Gasteiger partial charge in [-0.3, -0.25) is 4.79 Å². The maximum Gasteiger partial charge on any atom is 0.274 e. The molecular formula is C22H24N4O3. The Morgan fingerprint density at radius 2 is 1.76 bits per heavy atom. The first-order valence-corrected chi connectivity index (χ1v) is 9.17. The average molecular weight is 392 g/mol. The molecule has 0 radical (unpaired) electrons. The van der Waals surface area contributed by atoms with Crippen LogP contribution in [0.15, 0.2) is 48.5 Å². The van der Waals surface area contributed by atoms with E-state index in [0.717, 1.165) is 5.56 Å². The van der Waals surface area contributed by atoms with E-state index in [1.165, 1.54) is 5.56 Å². The van der Waals surface area contributed by atoms with Gasteiger partial charge >= 0.3 is 0 Å². The Bertz CT molecular complexity index is 1020. The van der Waals surface area contributed by atoms with Gasteiger partial charge in [-0.25, -0.2) is 9.97 Å². The van der Waals surface area contributed by atoms with E-state index in [-0.39, 0.29) is 11.6 Å². The Morgan fingerprint density at radius 1 is 0.966 bits per heavy atom. The molecule has 7 nitrogen and oxygen atoms in total. The molecule has 0 spiro atoms. The third-order valence-corrected chi connectivity index (χ3v) is 4.27. The fourth-order valence-electron chi connectivity index (χ4n) is 2.90. The van der Waals surface area contributed by atoms with Crippen molar-refractivity contribution in [2.75, 3.05) is 24.9 Å². The number of methoxy groups -OCH3 is 2. The monoisotopic (exact) mass is 392 g/mol. The van der Waals surface area contributed by atoms with E-state index in [9.17, 15) is 4.79 Å². The summed E-state index contributed by atoms with van der Waals surface area (Å²) >= 11 is 0. The highest BCUT2D eigenvalue weighted by Gasteiger charge is 2.13. The maximum atomic E-state index is 12.7. The number of anilines is 2. The standard InChI is InChI=1S/C22H24N4O3/c1-14-6-5-7-16(10-14)13-23-21-12-18(24-15(2)25-21)22(27)26-17-8-9-19(28-3)20(11-17)29-4/h5-12H,13H2,1-4H3,(H,26,27)(H,23,24,25). The number of amides is 1. The van der Waals surface area contributed by atoms with Gasteiger partial charge in [0.2, 0.25) is 0 Å². The van der Waals surface area contributed by atoms with Crippen molar-refractivity contribution in [3.8, 4) is 11.5 Å². The summed E-state index contributed by atoms with van der Waals surface area (Å²) in [4.78, 5) is 21.3. The second kappa shape index (κ2) is 9.05. The number of carbonyl (C=O) groups excluding carboxylic acids is 1. The summed E-state index contributed by atoms with van der Waals surface area (Å²) in [5, 5.41) is 6.08. The van der Waals surface area contributed by atoms with Gasteiger partial charge in [0.25, 0.3) is 5.91 Å². The normalized spacial score (nSPS) is 10.3. The van der Waals surface area contributed by atoms with Gasteiger partial charge in [-0.05, 0) is 31.5 Å². The van der Waals surface area contributed by atoms with E-state index < -0.39 is 0 Å². The SMILES string of the molecule is COc1ccc(NC(=O)c2cc(NCc3cccc(C)c3)nc(C)n2)cc1OC. The quantitative estimate of drug-likeness (QED) is 0.633. The summed E-state index contributed by atoms with van der Waals surface area (Å²) in [6.07, 6.45) is 0. The second-order valence-electron chi connectivity index (χ2n) is 6.55. The largest absolute Gasteiger partial charge is 0.493 e. The number of aromatic nitrogens is 2. The van der Waals surface area contributed by atoms with Gasteiger partial charge in [-0.2, -0.15) is 0 Å². The minimum absolute atomic E-state index is 0.277. The van der Waals surface area contributed by atoms with Gasteiger partial charge in [0.15, 0.2) is 11.5 Å². The molecule has 0 unspecified atom stereocenters. The van der Waals surface area contributed by atoms with Crippen LogP contribution in [-0.4, -0.2) is 30.1 Å². The number of hydrogen-bond acceptors (Lipinski definition) is 6. The third kappa shape index (κ3) is 5.22. The lowest BCUT2D eigenvalue weighted by Gasteiger charge is -2.11. The molecule has 3 aromatic rings. The summed E-state index contributed by atoms with van der Waals surface area (Å²) in [6.45, 7) is 4.41. The summed E-state index contributed by atoms with van der Waals surface area (Å²) in [6, 6.07) is 15.0. The van der Waals surface area contributed by atoms with Crippen molar-refractivity contribution >= 4 is 17.4 Å². The predicted molar refractivity (Wildman–Crippen MR) is 113 cm³/mol. The zero-order chi connectivity index (χ0) is 20.8. The van der Waals surface area contributed by atoms with Crippen LogP contribution in [0.1, 0.15) is 27.4 Å². The van der Waals surface area contributed by atoms with E-state index in [0.29, 0.717) is 35.4 Å². The van der Waals surface area contributed by atoms with Crippen LogP contribution in [0.25, 0.3) is 0 Å². The molecule has 3 rings (SSSR count). The van der Waals surface area contributed by atoms with Crippen LogP contribution in [0.3, 0.4) is 0 Å². The molecule has 0 saturated carbocycles. The number of benzene rings is 2. The van der Waals surface area contributed by atoms with E-state index in [1.54, 1.807) is 45.4 Å². The van der Waals surface area contributed by atoms with Crippen molar-refractivity contribution in [1.82, 2.24) is 9.97 Å². The second-order valence-corrected chi connectivity index (χ2v) is 6.55. The smallest absolute Gasteiger partial charge is 0.274 e. The molecule has 0 aliphatic carbocycles. The van der Waals surface area contributed by atoms with Gasteiger partial charge < -0.3 is 20.1 Å². The van der Waals surface area contributed by atoms with Crippen LogP contribution in [-0.2, 0) is 6.54 Å². The highest BCUT2D eigenvalue weighted by molar-refractivity contribution is 6.03. The van der Waals surface area contributed by atoms with Crippen LogP contribution in [0.4, 0.5) is 11.5 Å². The molecule has 7 heteroatoms. The van der Waals surface area contributed by atoms with Gasteiger partial charge in [0, 0.05) is 24.4 Å². The fraction of sp³-hybridized carbons (Fsp3) is 0.227. The Hall–Kier alpha value is -3.61. The van der Waals surface area contributed by atoms with E-state index >= 15 is 0 Å². The Balaban J connectivity index is 1.74. The summed E-state index contributed by atoms with van der Waals surface area (Å²) in [5.74, 6) is 1.89. The average Bonchev–Trinajstić information content (AvgIpc) is 2.71. The molecule has 0 saturated heterocycles. The van der Waals surface area contributed by atoms with Crippen molar-refractivity contribution in [3.05, 3.63) is 71.2 Å². The lowest BCUT2D eigenvalue weighted by molar-refractivity contribution is 0.102. The Kier molecular flexibility index (Phi) is 6.29. The number of nitrogens with one attached hydrogen (secondary N) is 2. The fourth-order valence-corrected chi connectivity index (χ4v) is 2.90. The molecule has 1 amide bonds. The topological polar surface area (TPSA) is 85.4 Å². The van der Waals surface area contributed by atoms with Crippen molar-refractivity contribution in [1.29, 1.82) is 0 Å². The molecule has 150 valence electrons. The first-order valence-electron chi connectivity index (χ1n) is 9.17. The van der Waals surface area contributed by atoms with Crippen molar-refractivity contribution in [2.24, 2.45) is 0 Å². The molecule has 0 fully saturated rings. The molecule has 0 atom stereocenters. The highest BCUT2D eigenvalue weighted by Crippen LogP contribution is 2.29. The van der Waals surface area contributed by atoms with Crippen LogP contribution in [0.5, 0.6) is 11.5 Å². The van der Waals surface area contributed by atoms with Crippen LogP contribution in [0.2, 0.25) is 0 Å². The van der Waals surface area contributed by atoms with Crippen molar-refractivity contribution in [2.45, 2.75) is 20.4 Å². The lowest BCUT2D eigenvalue weighted by atomic mass is 10.1. The van der Waals surface area contributed by atoms with Crippen LogP contribution >= 0.6 is 0 Å². The molecule has 0 aliphatic heterocycles. The lowest BCUT2D eigenvalue weighted by Crippen LogP contribution is -2.16. The van der Waals surface area contributed by atoms with Gasteiger partial charge in [-0.15, -0.1) is 0 Å². The van der Waals surface area contributed by atoms with E-state index in [2.05, 4.69) is 39.7 Å². The number of nitrogens with zero attached hydrogens (tertiary/aromatic N) is 2. The third-order valence-electron chi connectivity index (χ3n) is 4.27. The Morgan fingerprint density at radius 3 is 2.48 bits per heavy atom. The van der Waals surface area contributed by atoms with Crippen LogP contribution in [0, 0.1) is 13.8 Å².